The van der Waals surface area contributed by atoms with Crippen molar-refractivity contribution >= 4 is 29.1 Å². The number of amides is 1. The topological polar surface area (TPSA) is 41.4 Å². The van der Waals surface area contributed by atoms with Crippen molar-refractivity contribution in [1.29, 1.82) is 0 Å². The molecule has 1 saturated carbocycles. The van der Waals surface area contributed by atoms with Gasteiger partial charge in [-0.25, -0.2) is 0 Å². The summed E-state index contributed by atoms with van der Waals surface area (Å²) in [4.78, 5) is 16.7. The second kappa shape index (κ2) is 9.00. The molecule has 0 bridgehead atoms. The van der Waals surface area contributed by atoms with Gasteiger partial charge in [0.15, 0.2) is 5.69 Å². The Labute approximate surface area is 188 Å². The second-order valence-electron chi connectivity index (χ2n) is 8.08. The van der Waals surface area contributed by atoms with E-state index in [1.807, 2.05) is 24.3 Å². The summed E-state index contributed by atoms with van der Waals surface area (Å²) >= 11 is 11.9. The van der Waals surface area contributed by atoms with Crippen molar-refractivity contribution in [2.75, 3.05) is 26.2 Å². The predicted molar refractivity (Wildman–Crippen MR) is 112 cm³/mol. The number of hydrogen-bond donors (Lipinski definition) is 0. The number of nitrogens with zero attached hydrogens (tertiary/aromatic N) is 4. The molecule has 0 unspecified atom stereocenters. The van der Waals surface area contributed by atoms with Crippen LogP contribution in [0.15, 0.2) is 24.3 Å². The molecule has 1 aromatic carbocycles. The summed E-state index contributed by atoms with van der Waals surface area (Å²) in [5, 5.41) is 4.07. The van der Waals surface area contributed by atoms with Crippen LogP contribution in [-0.4, -0.2) is 51.7 Å². The first-order valence-electron chi connectivity index (χ1n) is 10.3. The van der Waals surface area contributed by atoms with Gasteiger partial charge in [0.1, 0.15) is 0 Å². The minimum atomic E-state index is -4.60. The van der Waals surface area contributed by atoms with Crippen molar-refractivity contribution in [2.45, 2.75) is 44.4 Å². The quantitative estimate of drug-likeness (QED) is 0.602. The van der Waals surface area contributed by atoms with Crippen molar-refractivity contribution < 1.29 is 18.0 Å². The lowest BCUT2D eigenvalue weighted by molar-refractivity contribution is -0.141. The van der Waals surface area contributed by atoms with Gasteiger partial charge < -0.3 is 4.90 Å². The number of benzene rings is 1. The lowest BCUT2D eigenvalue weighted by atomic mass is 10.2. The molecule has 2 fully saturated rings. The van der Waals surface area contributed by atoms with Gasteiger partial charge in [-0.05, 0) is 30.5 Å². The van der Waals surface area contributed by atoms with E-state index in [0.717, 1.165) is 38.0 Å². The molecule has 0 spiro atoms. The number of carbonyl (C=O) groups is 1. The SMILES string of the molecule is O=C(CCn1nc(C(F)(F)F)c(Cl)c1C1CC1)N1CCN(Cc2ccc(Cl)cc2)CC1. The monoisotopic (exact) mass is 474 g/mol. The van der Waals surface area contributed by atoms with Gasteiger partial charge in [0, 0.05) is 50.1 Å². The smallest absolute Gasteiger partial charge is 0.340 e. The zero-order chi connectivity index (χ0) is 22.2. The van der Waals surface area contributed by atoms with E-state index in [4.69, 9.17) is 23.2 Å². The maximum atomic E-state index is 13.2. The lowest BCUT2D eigenvalue weighted by Crippen LogP contribution is -2.48. The molecule has 1 amide bonds. The Bertz CT molecular complexity index is 933. The molecule has 2 aliphatic rings. The van der Waals surface area contributed by atoms with Gasteiger partial charge in [-0.15, -0.1) is 0 Å². The van der Waals surface area contributed by atoms with Crippen LogP contribution in [0.3, 0.4) is 0 Å². The Balaban J connectivity index is 1.31. The maximum absolute atomic E-state index is 13.2. The Morgan fingerprint density at radius 1 is 1.06 bits per heavy atom. The van der Waals surface area contributed by atoms with Crippen LogP contribution in [0, 0.1) is 0 Å². The summed E-state index contributed by atoms with van der Waals surface area (Å²) in [6.45, 7) is 3.56. The molecule has 2 aromatic rings. The van der Waals surface area contributed by atoms with Crippen LogP contribution in [0.5, 0.6) is 0 Å². The van der Waals surface area contributed by atoms with Gasteiger partial charge in [0.25, 0.3) is 0 Å². The Morgan fingerprint density at radius 3 is 2.29 bits per heavy atom. The summed E-state index contributed by atoms with van der Waals surface area (Å²) in [6.07, 6.45) is -2.90. The van der Waals surface area contributed by atoms with Gasteiger partial charge >= 0.3 is 6.18 Å². The number of halogens is 5. The average Bonchev–Trinajstić information content (AvgIpc) is 3.50. The third-order valence-corrected chi connectivity index (χ3v) is 6.37. The molecule has 1 aliphatic carbocycles. The van der Waals surface area contributed by atoms with Gasteiger partial charge in [0.05, 0.1) is 17.3 Å². The third kappa shape index (κ3) is 5.35. The van der Waals surface area contributed by atoms with E-state index in [1.54, 1.807) is 4.90 Å². The molecule has 4 rings (SSSR count). The summed E-state index contributed by atoms with van der Waals surface area (Å²) in [7, 11) is 0. The third-order valence-electron chi connectivity index (χ3n) is 5.75. The molecular weight excluding hydrogens is 452 g/mol. The molecule has 168 valence electrons. The predicted octanol–water partition coefficient (Wildman–Crippen LogP) is 4.82. The van der Waals surface area contributed by atoms with E-state index in [0.29, 0.717) is 23.8 Å². The van der Waals surface area contributed by atoms with E-state index in [9.17, 15) is 18.0 Å². The highest BCUT2D eigenvalue weighted by atomic mass is 35.5. The zero-order valence-corrected chi connectivity index (χ0v) is 18.3. The number of piperazine rings is 1. The minimum Gasteiger partial charge on any atom is -0.340 e. The second-order valence-corrected chi connectivity index (χ2v) is 8.89. The van der Waals surface area contributed by atoms with Crippen LogP contribution in [0.2, 0.25) is 10.0 Å². The van der Waals surface area contributed by atoms with E-state index >= 15 is 0 Å². The number of alkyl halides is 3. The Hall–Kier alpha value is -1.77. The van der Waals surface area contributed by atoms with Crippen molar-refractivity contribution in [3.8, 4) is 0 Å². The minimum absolute atomic E-state index is 0.00242. The first-order valence-corrected chi connectivity index (χ1v) is 11.1. The largest absolute Gasteiger partial charge is 0.436 e. The Morgan fingerprint density at radius 2 is 1.71 bits per heavy atom. The van der Waals surface area contributed by atoms with Gasteiger partial charge in [-0.3, -0.25) is 14.4 Å². The van der Waals surface area contributed by atoms with Crippen molar-refractivity contribution in [2.24, 2.45) is 0 Å². The number of hydrogen-bond acceptors (Lipinski definition) is 3. The highest BCUT2D eigenvalue weighted by Crippen LogP contribution is 2.46. The zero-order valence-electron chi connectivity index (χ0n) is 16.8. The van der Waals surface area contributed by atoms with Crippen LogP contribution >= 0.6 is 23.2 Å². The van der Waals surface area contributed by atoms with Crippen LogP contribution in [-0.2, 0) is 24.1 Å². The van der Waals surface area contributed by atoms with E-state index in [-0.39, 0.29) is 29.8 Å². The molecule has 1 saturated heterocycles. The molecule has 5 nitrogen and oxygen atoms in total. The fourth-order valence-corrected chi connectivity index (χ4v) is 4.44. The number of aromatic nitrogens is 2. The molecule has 1 aromatic heterocycles. The van der Waals surface area contributed by atoms with Gasteiger partial charge in [-0.2, -0.15) is 18.3 Å². The fraction of sp³-hybridized carbons (Fsp3) is 0.524. The molecule has 31 heavy (non-hydrogen) atoms. The number of aryl methyl sites for hydroxylation is 1. The van der Waals surface area contributed by atoms with E-state index in [2.05, 4.69) is 10.00 Å². The van der Waals surface area contributed by atoms with Crippen molar-refractivity contribution in [1.82, 2.24) is 19.6 Å². The lowest BCUT2D eigenvalue weighted by Gasteiger charge is -2.34. The van der Waals surface area contributed by atoms with Crippen LogP contribution in [0.25, 0.3) is 0 Å². The Kier molecular flexibility index (Phi) is 6.51. The van der Waals surface area contributed by atoms with Crippen LogP contribution < -0.4 is 0 Å². The molecule has 2 heterocycles. The summed E-state index contributed by atoms with van der Waals surface area (Å²) in [6, 6.07) is 7.69. The highest BCUT2D eigenvalue weighted by molar-refractivity contribution is 6.32. The first kappa shape index (κ1) is 22.4. The van der Waals surface area contributed by atoms with Gasteiger partial charge in [-0.1, -0.05) is 35.3 Å². The van der Waals surface area contributed by atoms with Crippen molar-refractivity contribution in [3.05, 3.63) is 51.3 Å². The van der Waals surface area contributed by atoms with Crippen LogP contribution in [0.1, 0.15) is 42.1 Å². The summed E-state index contributed by atoms with van der Waals surface area (Å²) in [5.41, 5.74) is 0.515. The fourth-order valence-electron chi connectivity index (χ4n) is 3.91. The normalized spacial score (nSPS) is 17.9. The molecule has 10 heteroatoms. The summed E-state index contributed by atoms with van der Waals surface area (Å²) < 4.78 is 40.8. The molecular formula is C21H23Cl2F3N4O. The number of carbonyl (C=O) groups excluding carboxylic acids is 1. The highest BCUT2D eigenvalue weighted by Gasteiger charge is 2.42. The summed E-state index contributed by atoms with van der Waals surface area (Å²) in [5.74, 6) is -0.0734. The molecule has 0 N–H and O–H groups in total. The van der Waals surface area contributed by atoms with Crippen LogP contribution in [0.4, 0.5) is 13.2 Å². The standard InChI is InChI=1S/C21H23Cl2F3N4O/c22-16-5-1-14(2-6-16)13-28-9-11-29(12-10-28)17(31)7-8-30-19(15-3-4-15)18(23)20(27-30)21(24,25)26/h1-2,5-6,15H,3-4,7-13H2. The first-order chi connectivity index (χ1) is 14.7. The molecule has 0 atom stereocenters. The van der Waals surface area contributed by atoms with E-state index < -0.39 is 11.9 Å². The maximum Gasteiger partial charge on any atom is 0.436 e. The van der Waals surface area contributed by atoms with Gasteiger partial charge in [0.2, 0.25) is 5.91 Å². The average molecular weight is 475 g/mol. The number of rotatable bonds is 6. The van der Waals surface area contributed by atoms with Crippen molar-refractivity contribution in [3.63, 3.8) is 0 Å². The molecule has 0 radical (unpaired) electrons. The molecule has 1 aliphatic heterocycles. The van der Waals surface area contributed by atoms with E-state index in [1.165, 1.54) is 4.68 Å².